The number of rotatable bonds is 7. The van der Waals surface area contributed by atoms with E-state index in [-0.39, 0.29) is 16.4 Å². The van der Waals surface area contributed by atoms with Gasteiger partial charge in [0.1, 0.15) is 11.5 Å². The minimum Gasteiger partial charge on any atom is -0.457 e. The molecule has 3 rings (SSSR count). The highest BCUT2D eigenvalue weighted by atomic mass is 28.3. The molecule has 0 bridgehead atoms. The molecule has 0 radical (unpaired) electrons. The van der Waals surface area contributed by atoms with Crippen molar-refractivity contribution in [2.45, 2.75) is 45.8 Å². The molecular weight excluding hydrogens is 412 g/mol. The molecule has 3 aromatic rings. The lowest BCUT2D eigenvalue weighted by Gasteiger charge is -2.44. The Hall–Kier alpha value is -2.98. The minimum atomic E-state index is -2.99. The second-order valence-electron chi connectivity index (χ2n) is 9.33. The van der Waals surface area contributed by atoms with Gasteiger partial charge in [-0.1, -0.05) is 119 Å². The largest absolute Gasteiger partial charge is 0.457 e. The summed E-state index contributed by atoms with van der Waals surface area (Å²) in [7, 11) is -2.99. The molecule has 0 aliphatic rings. The predicted octanol–water partition coefficient (Wildman–Crippen LogP) is 5.10. The van der Waals surface area contributed by atoms with Crippen LogP contribution >= 0.6 is 0 Å². The Morgan fingerprint density at radius 3 is 1.53 bits per heavy atom. The number of carbonyl (C=O) groups is 2. The Balaban J connectivity index is 2.24. The van der Waals surface area contributed by atoms with Gasteiger partial charge in [0.15, 0.2) is 8.07 Å². The number of carbonyl (C=O) groups excluding carboxylic acids is 2. The van der Waals surface area contributed by atoms with E-state index in [1.165, 1.54) is 6.92 Å². The third kappa shape index (κ3) is 4.46. The van der Waals surface area contributed by atoms with Crippen molar-refractivity contribution < 1.29 is 14.3 Å². The molecule has 4 heteroatoms. The molecule has 0 aliphatic carbocycles. The van der Waals surface area contributed by atoms with Crippen LogP contribution in [-0.2, 0) is 14.3 Å². The van der Waals surface area contributed by atoms with E-state index in [0.29, 0.717) is 0 Å². The fourth-order valence-corrected chi connectivity index (χ4v) is 10.4. The van der Waals surface area contributed by atoms with Crippen LogP contribution in [0.2, 0.25) is 5.04 Å². The summed E-state index contributed by atoms with van der Waals surface area (Å²) in [4.78, 5) is 26.7. The molecule has 0 amide bonds. The van der Waals surface area contributed by atoms with Crippen molar-refractivity contribution in [3.63, 3.8) is 0 Å². The van der Waals surface area contributed by atoms with Crippen molar-refractivity contribution in [3.8, 4) is 0 Å². The van der Waals surface area contributed by atoms with Gasteiger partial charge in [-0.2, -0.15) is 0 Å². The van der Waals surface area contributed by atoms with Gasteiger partial charge in [0, 0.05) is 6.92 Å². The summed E-state index contributed by atoms with van der Waals surface area (Å²) in [6.07, 6.45) is -0.636. The summed E-state index contributed by atoms with van der Waals surface area (Å²) in [5.74, 6) is -0.895. The lowest BCUT2D eigenvalue weighted by Crippen LogP contribution is -2.71. The number of esters is 1. The maximum Gasteiger partial charge on any atom is 0.303 e. The van der Waals surface area contributed by atoms with Gasteiger partial charge in [-0.3, -0.25) is 4.79 Å². The third-order valence-electron chi connectivity index (χ3n) is 6.20. The van der Waals surface area contributed by atoms with Crippen molar-refractivity contribution >= 4 is 29.8 Å². The van der Waals surface area contributed by atoms with Crippen LogP contribution in [0.4, 0.5) is 0 Å². The summed E-state index contributed by atoms with van der Waals surface area (Å²) in [6.45, 7) is 9.78. The molecule has 0 aliphatic heterocycles. The lowest BCUT2D eigenvalue weighted by molar-refractivity contribution is -0.150. The Labute approximate surface area is 192 Å². The molecule has 0 saturated carbocycles. The zero-order valence-electron chi connectivity index (χ0n) is 19.5. The first-order chi connectivity index (χ1) is 15.2. The molecule has 0 spiro atoms. The van der Waals surface area contributed by atoms with E-state index < -0.39 is 20.1 Å². The summed E-state index contributed by atoms with van der Waals surface area (Å²) in [5.41, 5.74) is 0.835. The standard InChI is InChI=1S/C28H32O3Si/c1-21(26(31-22(2)29)23-15-9-6-10-16-23)27(30)32(28(3,4)5,24-17-11-7-12-18-24)25-19-13-8-14-20-25/h6-21,26H,1-5H3/t21-,26-/m0/s1. The average Bonchev–Trinajstić information content (AvgIpc) is 2.78. The van der Waals surface area contributed by atoms with Crippen molar-refractivity contribution in [1.82, 2.24) is 0 Å². The minimum absolute atomic E-state index is 0.164. The van der Waals surface area contributed by atoms with Crippen LogP contribution in [0.1, 0.15) is 46.3 Å². The number of benzene rings is 3. The zero-order chi connectivity index (χ0) is 23.4. The highest BCUT2D eigenvalue weighted by Crippen LogP contribution is 2.40. The molecular formula is C28H32O3Si. The molecule has 0 heterocycles. The van der Waals surface area contributed by atoms with Crippen LogP contribution in [-0.4, -0.2) is 19.4 Å². The number of ether oxygens (including phenoxy) is 1. The van der Waals surface area contributed by atoms with Crippen LogP contribution < -0.4 is 10.4 Å². The van der Waals surface area contributed by atoms with Gasteiger partial charge < -0.3 is 9.53 Å². The van der Waals surface area contributed by atoms with Crippen LogP contribution in [0.5, 0.6) is 0 Å². The first kappa shape index (κ1) is 23.7. The monoisotopic (exact) mass is 444 g/mol. The maximum absolute atomic E-state index is 14.7. The molecule has 166 valence electrons. The summed E-state index contributed by atoms with van der Waals surface area (Å²) < 4.78 is 5.76. The molecule has 0 saturated heterocycles. The van der Waals surface area contributed by atoms with Gasteiger partial charge in [0.25, 0.3) is 0 Å². The Morgan fingerprint density at radius 2 is 1.16 bits per heavy atom. The smallest absolute Gasteiger partial charge is 0.303 e. The highest BCUT2D eigenvalue weighted by Gasteiger charge is 2.56. The second-order valence-corrected chi connectivity index (χ2v) is 14.0. The summed E-state index contributed by atoms with van der Waals surface area (Å²) in [6, 6.07) is 29.9. The molecule has 0 aromatic heterocycles. The summed E-state index contributed by atoms with van der Waals surface area (Å²) in [5, 5.41) is 2.01. The van der Waals surface area contributed by atoms with E-state index in [4.69, 9.17) is 4.74 Å². The third-order valence-corrected chi connectivity index (χ3v) is 12.0. The second kappa shape index (κ2) is 9.66. The van der Waals surface area contributed by atoms with Gasteiger partial charge in [-0.05, 0) is 21.0 Å². The lowest BCUT2D eigenvalue weighted by atomic mass is 9.98. The van der Waals surface area contributed by atoms with E-state index in [1.807, 2.05) is 73.7 Å². The van der Waals surface area contributed by atoms with Crippen LogP contribution in [0, 0.1) is 5.92 Å². The van der Waals surface area contributed by atoms with E-state index in [1.54, 1.807) is 0 Å². The van der Waals surface area contributed by atoms with Gasteiger partial charge in [-0.15, -0.1) is 0 Å². The van der Waals surface area contributed by atoms with Gasteiger partial charge in [-0.25, -0.2) is 0 Å². The predicted molar refractivity (Wildman–Crippen MR) is 133 cm³/mol. The Kier molecular flexibility index (Phi) is 7.14. The molecule has 2 atom stereocenters. The van der Waals surface area contributed by atoms with Gasteiger partial charge in [0.05, 0.1) is 5.92 Å². The first-order valence-electron chi connectivity index (χ1n) is 11.1. The van der Waals surface area contributed by atoms with E-state index in [2.05, 4.69) is 45.0 Å². The Morgan fingerprint density at radius 1 is 0.750 bits per heavy atom. The van der Waals surface area contributed by atoms with E-state index in [0.717, 1.165) is 15.9 Å². The van der Waals surface area contributed by atoms with E-state index >= 15 is 0 Å². The van der Waals surface area contributed by atoms with Crippen molar-refractivity contribution in [3.05, 3.63) is 96.6 Å². The molecule has 0 N–H and O–H groups in total. The molecule has 0 fully saturated rings. The molecule has 0 unspecified atom stereocenters. The SMILES string of the molecule is CC(=O)O[C@H](c1ccccc1)[C@H](C)C(=O)[Si](c1ccccc1)(c1ccccc1)C(C)(C)C. The van der Waals surface area contributed by atoms with Crippen molar-refractivity contribution in [2.24, 2.45) is 5.92 Å². The highest BCUT2D eigenvalue weighted by molar-refractivity contribution is 7.24. The Bertz CT molecular complexity index is 1000. The maximum atomic E-state index is 14.7. The molecule has 3 nitrogen and oxygen atoms in total. The zero-order valence-corrected chi connectivity index (χ0v) is 20.5. The topological polar surface area (TPSA) is 43.4 Å². The first-order valence-corrected chi connectivity index (χ1v) is 13.1. The quantitative estimate of drug-likeness (QED) is 0.376. The molecule has 3 aromatic carbocycles. The van der Waals surface area contributed by atoms with Crippen LogP contribution in [0.15, 0.2) is 91.0 Å². The average molecular weight is 445 g/mol. The van der Waals surface area contributed by atoms with Crippen LogP contribution in [0.25, 0.3) is 0 Å². The number of hydrogen-bond donors (Lipinski definition) is 0. The van der Waals surface area contributed by atoms with Gasteiger partial charge in [0.2, 0.25) is 0 Å². The number of hydrogen-bond acceptors (Lipinski definition) is 3. The van der Waals surface area contributed by atoms with Crippen LogP contribution in [0.3, 0.4) is 0 Å². The van der Waals surface area contributed by atoms with E-state index in [9.17, 15) is 9.59 Å². The fourth-order valence-electron chi connectivity index (χ4n) is 4.82. The van der Waals surface area contributed by atoms with Crippen molar-refractivity contribution in [1.29, 1.82) is 0 Å². The molecule has 32 heavy (non-hydrogen) atoms. The normalized spacial score (nSPS) is 13.8. The van der Waals surface area contributed by atoms with Gasteiger partial charge >= 0.3 is 5.97 Å². The summed E-state index contributed by atoms with van der Waals surface area (Å²) >= 11 is 0. The van der Waals surface area contributed by atoms with Crippen molar-refractivity contribution in [2.75, 3.05) is 0 Å². The fraction of sp³-hybridized carbons (Fsp3) is 0.286.